The molecule has 0 saturated carbocycles. The fourth-order valence-electron chi connectivity index (χ4n) is 0.938. The third-order valence-electron chi connectivity index (χ3n) is 2.04. The number of rotatable bonds is 7. The molecule has 1 unspecified atom stereocenters. The Morgan fingerprint density at radius 2 is 1.76 bits per heavy atom. The zero-order valence-electron chi connectivity index (χ0n) is 9.89. The number of urea groups is 1. The van der Waals surface area contributed by atoms with Crippen molar-refractivity contribution in [2.45, 2.75) is 13.3 Å². The zero-order chi connectivity index (χ0) is 13.5. The van der Waals surface area contributed by atoms with Gasteiger partial charge >= 0.3 is 12.0 Å². The smallest absolute Gasteiger partial charge is 0.314 e. The van der Waals surface area contributed by atoms with Gasteiger partial charge in [-0.25, -0.2) is 13.2 Å². The number of carboxylic acids is 1. The van der Waals surface area contributed by atoms with Gasteiger partial charge in [0.25, 0.3) is 0 Å². The summed E-state index contributed by atoms with van der Waals surface area (Å²) >= 11 is 0. The van der Waals surface area contributed by atoms with Crippen LogP contribution >= 0.6 is 0 Å². The summed E-state index contributed by atoms with van der Waals surface area (Å²) in [6.45, 7) is 1.82. The van der Waals surface area contributed by atoms with Crippen LogP contribution in [0.15, 0.2) is 0 Å². The van der Waals surface area contributed by atoms with Gasteiger partial charge in [0.2, 0.25) is 0 Å². The maximum absolute atomic E-state index is 11.1. The minimum absolute atomic E-state index is 0.0408. The van der Waals surface area contributed by atoms with Crippen molar-refractivity contribution in [1.29, 1.82) is 0 Å². The first kappa shape index (κ1) is 15.7. The van der Waals surface area contributed by atoms with Gasteiger partial charge in [-0.1, -0.05) is 6.92 Å². The van der Waals surface area contributed by atoms with E-state index in [0.717, 1.165) is 6.26 Å². The fourth-order valence-corrected chi connectivity index (χ4v) is 1.41. The Morgan fingerprint density at radius 1 is 1.24 bits per heavy atom. The Morgan fingerprint density at radius 3 is 2.24 bits per heavy atom. The quantitative estimate of drug-likeness (QED) is 0.572. The van der Waals surface area contributed by atoms with E-state index >= 15 is 0 Å². The molecule has 17 heavy (non-hydrogen) atoms. The van der Waals surface area contributed by atoms with E-state index in [1.807, 2.05) is 0 Å². The van der Waals surface area contributed by atoms with Crippen molar-refractivity contribution in [3.05, 3.63) is 0 Å². The summed E-state index contributed by atoms with van der Waals surface area (Å²) in [6.07, 6.45) is 1.41. The molecule has 0 fully saturated rings. The van der Waals surface area contributed by atoms with E-state index in [0.29, 0.717) is 6.42 Å². The lowest BCUT2D eigenvalue weighted by Gasteiger charge is -2.08. The number of hydrogen-bond acceptors (Lipinski definition) is 4. The highest BCUT2D eigenvalue weighted by Crippen LogP contribution is 1.99. The average molecular weight is 266 g/mol. The molecule has 0 heterocycles. The highest BCUT2D eigenvalue weighted by molar-refractivity contribution is 7.90. The van der Waals surface area contributed by atoms with Gasteiger partial charge in [0.15, 0.2) is 0 Å². The van der Waals surface area contributed by atoms with Crippen LogP contribution in [-0.2, 0) is 14.6 Å². The number of carboxylic acid groups (broad SMARTS) is 1. The summed E-state index contributed by atoms with van der Waals surface area (Å²) in [5, 5.41) is 13.4. The van der Waals surface area contributed by atoms with Crippen molar-refractivity contribution in [1.82, 2.24) is 10.6 Å². The summed E-state index contributed by atoms with van der Waals surface area (Å²) in [4.78, 5) is 21.6. The van der Waals surface area contributed by atoms with Gasteiger partial charge in [0, 0.05) is 19.3 Å². The van der Waals surface area contributed by atoms with Crippen LogP contribution in [0.4, 0.5) is 4.79 Å². The molecule has 2 amide bonds. The van der Waals surface area contributed by atoms with E-state index in [1.165, 1.54) is 0 Å². The van der Waals surface area contributed by atoms with Gasteiger partial charge in [-0.3, -0.25) is 4.79 Å². The summed E-state index contributed by atoms with van der Waals surface area (Å²) in [5.74, 6) is -1.55. The monoisotopic (exact) mass is 266 g/mol. The Kier molecular flexibility index (Phi) is 6.55. The number of nitrogens with one attached hydrogen (secondary N) is 2. The number of carbonyl (C=O) groups excluding carboxylic acids is 1. The number of hydrogen-bond donors (Lipinski definition) is 3. The SMILES string of the molecule is CC(CCNC(=O)NCCS(C)(=O)=O)C(=O)O. The maximum Gasteiger partial charge on any atom is 0.314 e. The molecule has 0 saturated heterocycles. The Balaban J connectivity index is 3.64. The van der Waals surface area contributed by atoms with Crippen LogP contribution in [0.3, 0.4) is 0 Å². The molecule has 0 aromatic rings. The van der Waals surface area contributed by atoms with Gasteiger partial charge in [-0.2, -0.15) is 0 Å². The summed E-state index contributed by atoms with van der Waals surface area (Å²) < 4.78 is 21.5. The highest BCUT2D eigenvalue weighted by Gasteiger charge is 2.10. The summed E-state index contributed by atoms with van der Waals surface area (Å²) in [6, 6.07) is -0.494. The van der Waals surface area contributed by atoms with E-state index in [1.54, 1.807) is 6.92 Å². The molecule has 0 aromatic carbocycles. The van der Waals surface area contributed by atoms with Crippen LogP contribution in [0, 0.1) is 5.92 Å². The van der Waals surface area contributed by atoms with E-state index in [2.05, 4.69) is 10.6 Å². The average Bonchev–Trinajstić information content (AvgIpc) is 2.15. The molecule has 0 aromatic heterocycles. The molecule has 0 rings (SSSR count). The Hall–Kier alpha value is -1.31. The molecule has 1 atom stereocenters. The van der Waals surface area contributed by atoms with Crippen LogP contribution in [-0.4, -0.2) is 50.6 Å². The minimum atomic E-state index is -3.09. The van der Waals surface area contributed by atoms with E-state index in [-0.39, 0.29) is 18.8 Å². The van der Waals surface area contributed by atoms with Crippen molar-refractivity contribution in [2.75, 3.05) is 25.1 Å². The second kappa shape index (κ2) is 7.10. The molecule has 0 aliphatic rings. The molecule has 3 N–H and O–H groups in total. The number of sulfone groups is 1. The number of amides is 2. The molecule has 0 radical (unpaired) electrons. The van der Waals surface area contributed by atoms with Crippen LogP contribution in [0.5, 0.6) is 0 Å². The van der Waals surface area contributed by atoms with Crippen molar-refractivity contribution in [3.8, 4) is 0 Å². The molecule has 0 spiro atoms. The van der Waals surface area contributed by atoms with Crippen LogP contribution in [0.25, 0.3) is 0 Å². The van der Waals surface area contributed by atoms with E-state index < -0.39 is 27.8 Å². The van der Waals surface area contributed by atoms with Crippen LogP contribution < -0.4 is 10.6 Å². The number of aliphatic carboxylic acids is 1. The zero-order valence-corrected chi connectivity index (χ0v) is 10.7. The molecular weight excluding hydrogens is 248 g/mol. The van der Waals surface area contributed by atoms with Crippen molar-refractivity contribution >= 4 is 21.8 Å². The minimum Gasteiger partial charge on any atom is -0.481 e. The summed E-state index contributed by atoms with van der Waals surface area (Å²) in [5.41, 5.74) is 0. The lowest BCUT2D eigenvalue weighted by Crippen LogP contribution is -2.38. The first-order valence-electron chi connectivity index (χ1n) is 5.14. The maximum atomic E-state index is 11.1. The lowest BCUT2D eigenvalue weighted by molar-refractivity contribution is -0.141. The molecule has 100 valence electrons. The van der Waals surface area contributed by atoms with Crippen molar-refractivity contribution in [3.63, 3.8) is 0 Å². The molecular formula is C9H18N2O5S. The predicted octanol–water partition coefficient (Wildman–Crippen LogP) is -0.559. The Labute approximate surface area is 101 Å². The molecule has 0 aliphatic carbocycles. The van der Waals surface area contributed by atoms with Crippen LogP contribution in [0.2, 0.25) is 0 Å². The van der Waals surface area contributed by atoms with Crippen molar-refractivity contribution in [2.24, 2.45) is 5.92 Å². The van der Waals surface area contributed by atoms with E-state index in [9.17, 15) is 18.0 Å². The fraction of sp³-hybridized carbons (Fsp3) is 0.778. The molecule has 0 aliphatic heterocycles. The number of carbonyl (C=O) groups is 2. The van der Waals surface area contributed by atoms with Gasteiger partial charge in [-0.15, -0.1) is 0 Å². The second-order valence-corrected chi connectivity index (χ2v) is 6.10. The molecule has 8 heteroatoms. The molecule has 0 bridgehead atoms. The summed E-state index contributed by atoms with van der Waals surface area (Å²) in [7, 11) is -3.09. The topological polar surface area (TPSA) is 113 Å². The second-order valence-electron chi connectivity index (χ2n) is 3.84. The predicted molar refractivity (Wildman–Crippen MR) is 62.5 cm³/mol. The first-order valence-corrected chi connectivity index (χ1v) is 7.20. The standard InChI is InChI=1S/C9H18N2O5S/c1-7(8(12)13)3-4-10-9(14)11-5-6-17(2,15)16/h7H,3-6H2,1-2H3,(H,12,13)(H2,10,11,14). The van der Waals surface area contributed by atoms with Gasteiger partial charge in [0.05, 0.1) is 11.7 Å². The first-order chi connectivity index (χ1) is 7.72. The third-order valence-corrected chi connectivity index (χ3v) is 2.99. The lowest BCUT2D eigenvalue weighted by atomic mass is 10.1. The third kappa shape index (κ3) is 9.61. The normalized spacial score (nSPS) is 12.8. The van der Waals surface area contributed by atoms with E-state index in [4.69, 9.17) is 5.11 Å². The molecule has 7 nitrogen and oxygen atoms in total. The largest absolute Gasteiger partial charge is 0.481 e. The van der Waals surface area contributed by atoms with Gasteiger partial charge in [0.1, 0.15) is 9.84 Å². The van der Waals surface area contributed by atoms with Gasteiger partial charge in [-0.05, 0) is 6.42 Å². The van der Waals surface area contributed by atoms with Gasteiger partial charge < -0.3 is 15.7 Å². The van der Waals surface area contributed by atoms with Crippen LogP contribution in [0.1, 0.15) is 13.3 Å². The highest BCUT2D eigenvalue weighted by atomic mass is 32.2. The Bertz CT molecular complexity index is 366. The van der Waals surface area contributed by atoms with Crippen molar-refractivity contribution < 1.29 is 23.1 Å².